The van der Waals surface area contributed by atoms with Crippen LogP contribution in [-0.2, 0) is 11.3 Å². The number of aliphatic hydroxyl groups is 1. The number of carbonyl (C=O) groups excluding carboxylic acids is 1. The van der Waals surface area contributed by atoms with Crippen LogP contribution in [0.2, 0.25) is 0 Å². The van der Waals surface area contributed by atoms with Gasteiger partial charge >= 0.3 is 0 Å². The summed E-state index contributed by atoms with van der Waals surface area (Å²) in [5.41, 5.74) is -0.809. The number of hydrogen-bond donors (Lipinski definition) is 2. The average molecular weight is 239 g/mol. The Morgan fingerprint density at radius 3 is 2.94 bits per heavy atom. The van der Waals surface area contributed by atoms with Crippen molar-refractivity contribution in [3.05, 3.63) is 18.5 Å². The van der Waals surface area contributed by atoms with Gasteiger partial charge in [-0.15, -0.1) is 0 Å². The van der Waals surface area contributed by atoms with Crippen molar-refractivity contribution in [1.29, 1.82) is 0 Å². The van der Waals surface area contributed by atoms with Crippen LogP contribution in [0.25, 0.3) is 0 Å². The summed E-state index contributed by atoms with van der Waals surface area (Å²) in [5.74, 6) is -0.0584. The highest BCUT2D eigenvalue weighted by atomic mass is 16.3. The van der Waals surface area contributed by atoms with Crippen LogP contribution >= 0.6 is 0 Å². The minimum Gasteiger partial charge on any atom is -0.388 e. The lowest BCUT2D eigenvalue weighted by Crippen LogP contribution is -2.40. The Kier molecular flexibility index (Phi) is 5.15. The Morgan fingerprint density at radius 1 is 1.59 bits per heavy atom. The SMILES string of the molecule is CCCC(C)(O)CNC(=O)CCn1cccn1. The third-order valence-electron chi connectivity index (χ3n) is 2.58. The molecule has 0 spiro atoms. The molecule has 0 aliphatic heterocycles. The van der Waals surface area contributed by atoms with Crippen LogP contribution in [0.3, 0.4) is 0 Å². The average Bonchev–Trinajstić information content (AvgIpc) is 2.76. The standard InChI is InChI=1S/C12H21N3O2/c1-3-6-12(2,17)10-13-11(16)5-9-15-8-4-7-14-15/h4,7-8,17H,3,5-6,9-10H2,1-2H3,(H,13,16). The maximum Gasteiger partial charge on any atom is 0.221 e. The molecule has 0 fully saturated rings. The number of hydrogen-bond acceptors (Lipinski definition) is 3. The predicted molar refractivity (Wildman–Crippen MR) is 65.4 cm³/mol. The highest BCUT2D eigenvalue weighted by molar-refractivity contribution is 5.75. The predicted octanol–water partition coefficient (Wildman–Crippen LogP) is 0.940. The zero-order valence-corrected chi connectivity index (χ0v) is 10.5. The highest BCUT2D eigenvalue weighted by Crippen LogP contribution is 2.09. The van der Waals surface area contributed by atoms with Gasteiger partial charge in [0.05, 0.1) is 5.60 Å². The summed E-state index contributed by atoms with van der Waals surface area (Å²) in [6.45, 7) is 4.62. The fraction of sp³-hybridized carbons (Fsp3) is 0.667. The lowest BCUT2D eigenvalue weighted by molar-refractivity contribution is -0.122. The van der Waals surface area contributed by atoms with Crippen LogP contribution in [0.15, 0.2) is 18.5 Å². The number of nitrogens with zero attached hydrogens (tertiary/aromatic N) is 2. The van der Waals surface area contributed by atoms with Crippen molar-refractivity contribution in [2.24, 2.45) is 0 Å². The van der Waals surface area contributed by atoms with Crippen LogP contribution in [-0.4, -0.2) is 32.9 Å². The Labute approximate surface area is 102 Å². The molecule has 5 heteroatoms. The summed E-state index contributed by atoms with van der Waals surface area (Å²) in [7, 11) is 0. The molecule has 0 aliphatic carbocycles. The van der Waals surface area contributed by atoms with E-state index in [0.29, 0.717) is 25.9 Å². The van der Waals surface area contributed by atoms with Gasteiger partial charge in [0.15, 0.2) is 0 Å². The van der Waals surface area contributed by atoms with Gasteiger partial charge < -0.3 is 10.4 Å². The monoisotopic (exact) mass is 239 g/mol. The molecule has 5 nitrogen and oxygen atoms in total. The molecule has 0 radical (unpaired) electrons. The minimum absolute atomic E-state index is 0.0584. The van der Waals surface area contributed by atoms with Crippen molar-refractivity contribution in [2.45, 2.75) is 45.3 Å². The maximum atomic E-state index is 11.5. The van der Waals surface area contributed by atoms with Crippen LogP contribution < -0.4 is 5.32 Å². The van der Waals surface area contributed by atoms with Crippen molar-refractivity contribution >= 4 is 5.91 Å². The second kappa shape index (κ2) is 6.39. The van der Waals surface area contributed by atoms with E-state index in [1.165, 1.54) is 0 Å². The van der Waals surface area contributed by atoms with E-state index in [1.54, 1.807) is 17.8 Å². The first kappa shape index (κ1) is 13.7. The van der Waals surface area contributed by atoms with E-state index >= 15 is 0 Å². The highest BCUT2D eigenvalue weighted by Gasteiger charge is 2.19. The third-order valence-corrected chi connectivity index (χ3v) is 2.58. The van der Waals surface area contributed by atoms with Crippen molar-refractivity contribution in [1.82, 2.24) is 15.1 Å². The van der Waals surface area contributed by atoms with Gasteiger partial charge in [0, 0.05) is 31.9 Å². The molecule has 0 aromatic carbocycles. The summed E-state index contributed by atoms with van der Waals surface area (Å²) < 4.78 is 1.71. The lowest BCUT2D eigenvalue weighted by atomic mass is 10.0. The van der Waals surface area contributed by atoms with Gasteiger partial charge in [-0.3, -0.25) is 9.48 Å². The number of carbonyl (C=O) groups is 1. The van der Waals surface area contributed by atoms with Crippen LogP contribution in [0.1, 0.15) is 33.1 Å². The van der Waals surface area contributed by atoms with Crippen LogP contribution in [0.4, 0.5) is 0 Å². The fourth-order valence-corrected chi connectivity index (χ4v) is 1.65. The topological polar surface area (TPSA) is 67.2 Å². The summed E-state index contributed by atoms with van der Waals surface area (Å²) >= 11 is 0. The van der Waals surface area contributed by atoms with Crippen molar-refractivity contribution in [2.75, 3.05) is 6.54 Å². The van der Waals surface area contributed by atoms with E-state index in [0.717, 1.165) is 6.42 Å². The quantitative estimate of drug-likeness (QED) is 0.744. The van der Waals surface area contributed by atoms with Gasteiger partial charge in [-0.25, -0.2) is 0 Å². The van der Waals surface area contributed by atoms with Gasteiger partial charge in [0.2, 0.25) is 5.91 Å². The first-order valence-corrected chi connectivity index (χ1v) is 6.00. The van der Waals surface area contributed by atoms with E-state index in [4.69, 9.17) is 0 Å². The van der Waals surface area contributed by atoms with E-state index in [9.17, 15) is 9.90 Å². The smallest absolute Gasteiger partial charge is 0.221 e. The van der Waals surface area contributed by atoms with Crippen LogP contribution in [0, 0.1) is 0 Å². The van der Waals surface area contributed by atoms with E-state index in [2.05, 4.69) is 10.4 Å². The number of rotatable bonds is 7. The summed E-state index contributed by atoms with van der Waals surface area (Å²) in [4.78, 5) is 11.5. The molecule has 1 unspecified atom stereocenters. The van der Waals surface area contributed by atoms with Crippen LogP contribution in [0.5, 0.6) is 0 Å². The Morgan fingerprint density at radius 2 is 2.35 bits per heavy atom. The second-order valence-corrected chi connectivity index (χ2v) is 4.54. The van der Waals surface area contributed by atoms with E-state index < -0.39 is 5.60 Å². The molecular formula is C12H21N3O2. The van der Waals surface area contributed by atoms with Gasteiger partial charge in [-0.1, -0.05) is 13.3 Å². The molecule has 96 valence electrons. The normalized spacial score (nSPS) is 14.3. The van der Waals surface area contributed by atoms with Crippen molar-refractivity contribution in [3.8, 4) is 0 Å². The summed E-state index contributed by atoms with van der Waals surface area (Å²) in [5, 5.41) is 16.6. The van der Waals surface area contributed by atoms with Crippen molar-refractivity contribution in [3.63, 3.8) is 0 Å². The molecule has 1 aromatic rings. The molecule has 0 aliphatic rings. The Bertz CT molecular complexity index is 334. The Hall–Kier alpha value is -1.36. The molecule has 2 N–H and O–H groups in total. The Balaban J connectivity index is 2.21. The second-order valence-electron chi connectivity index (χ2n) is 4.54. The number of nitrogens with one attached hydrogen (secondary N) is 1. The molecule has 0 bridgehead atoms. The number of amides is 1. The number of aromatic nitrogens is 2. The molecular weight excluding hydrogens is 218 g/mol. The van der Waals surface area contributed by atoms with E-state index in [1.807, 2.05) is 19.2 Å². The zero-order valence-electron chi connectivity index (χ0n) is 10.5. The summed E-state index contributed by atoms with van der Waals surface area (Å²) in [6.07, 6.45) is 5.47. The molecule has 1 amide bonds. The first-order valence-electron chi connectivity index (χ1n) is 6.00. The van der Waals surface area contributed by atoms with Crippen molar-refractivity contribution < 1.29 is 9.90 Å². The minimum atomic E-state index is -0.809. The number of aryl methyl sites for hydroxylation is 1. The fourth-order valence-electron chi connectivity index (χ4n) is 1.65. The molecule has 0 saturated carbocycles. The molecule has 1 aromatic heterocycles. The maximum absolute atomic E-state index is 11.5. The van der Waals surface area contributed by atoms with Gasteiger partial charge in [-0.05, 0) is 19.4 Å². The molecule has 17 heavy (non-hydrogen) atoms. The first-order chi connectivity index (χ1) is 8.03. The van der Waals surface area contributed by atoms with Gasteiger partial charge in [0.1, 0.15) is 0 Å². The molecule has 1 heterocycles. The van der Waals surface area contributed by atoms with E-state index in [-0.39, 0.29) is 5.91 Å². The largest absolute Gasteiger partial charge is 0.388 e. The third kappa shape index (κ3) is 5.49. The summed E-state index contributed by atoms with van der Waals surface area (Å²) in [6, 6.07) is 1.82. The lowest BCUT2D eigenvalue weighted by Gasteiger charge is -2.22. The van der Waals surface area contributed by atoms with Gasteiger partial charge in [0.25, 0.3) is 0 Å². The van der Waals surface area contributed by atoms with Gasteiger partial charge in [-0.2, -0.15) is 5.10 Å². The zero-order chi connectivity index (χ0) is 12.7. The molecule has 0 saturated heterocycles. The molecule has 1 atom stereocenters. The molecule has 1 rings (SSSR count).